The molecule has 0 N–H and O–H groups in total. The SMILES string of the molecule is CCC(CC)(CCl)Cc1cc(C)cc(C)c1. The average Bonchev–Trinajstić information content (AvgIpc) is 2.25. The molecule has 0 aliphatic carbocycles. The van der Waals surface area contributed by atoms with Crippen LogP contribution in [0.4, 0.5) is 0 Å². The van der Waals surface area contributed by atoms with Gasteiger partial charge in [0.1, 0.15) is 0 Å². The van der Waals surface area contributed by atoms with Gasteiger partial charge in [-0.05, 0) is 44.1 Å². The summed E-state index contributed by atoms with van der Waals surface area (Å²) in [5.74, 6) is 0.757. The van der Waals surface area contributed by atoms with Gasteiger partial charge in [0.25, 0.3) is 0 Å². The predicted octanol–water partition coefficient (Wildman–Crippen LogP) is 4.89. The van der Waals surface area contributed by atoms with Crippen molar-refractivity contribution >= 4 is 11.6 Å². The van der Waals surface area contributed by atoms with Crippen molar-refractivity contribution in [2.24, 2.45) is 5.41 Å². The summed E-state index contributed by atoms with van der Waals surface area (Å²) in [4.78, 5) is 0. The number of aryl methyl sites for hydroxylation is 2. The van der Waals surface area contributed by atoms with Crippen molar-refractivity contribution in [3.8, 4) is 0 Å². The predicted molar refractivity (Wildman–Crippen MR) is 73.4 cm³/mol. The van der Waals surface area contributed by atoms with Crippen molar-refractivity contribution in [3.63, 3.8) is 0 Å². The van der Waals surface area contributed by atoms with E-state index in [4.69, 9.17) is 11.6 Å². The summed E-state index contributed by atoms with van der Waals surface area (Å²) in [6.07, 6.45) is 3.41. The van der Waals surface area contributed by atoms with Crippen LogP contribution >= 0.6 is 11.6 Å². The van der Waals surface area contributed by atoms with Crippen LogP contribution in [0, 0.1) is 19.3 Å². The van der Waals surface area contributed by atoms with E-state index in [-0.39, 0.29) is 5.41 Å². The maximum Gasteiger partial charge on any atom is 0.0282 e. The highest BCUT2D eigenvalue weighted by Crippen LogP contribution is 2.32. The molecule has 0 aliphatic heterocycles. The van der Waals surface area contributed by atoms with Crippen LogP contribution in [0.25, 0.3) is 0 Å². The van der Waals surface area contributed by atoms with Crippen molar-refractivity contribution in [3.05, 3.63) is 34.9 Å². The molecule has 0 atom stereocenters. The van der Waals surface area contributed by atoms with E-state index in [0.717, 1.165) is 25.1 Å². The second-order valence-electron chi connectivity index (χ2n) is 5.01. The van der Waals surface area contributed by atoms with Crippen LogP contribution in [-0.4, -0.2) is 5.88 Å². The Bertz CT molecular complexity index is 309. The Morgan fingerprint density at radius 1 is 1.00 bits per heavy atom. The minimum Gasteiger partial charge on any atom is -0.126 e. The summed E-state index contributed by atoms with van der Waals surface area (Å²) in [7, 11) is 0. The van der Waals surface area contributed by atoms with Gasteiger partial charge in [-0.1, -0.05) is 43.2 Å². The number of benzene rings is 1. The summed E-state index contributed by atoms with van der Waals surface area (Å²) in [6.45, 7) is 8.82. The topological polar surface area (TPSA) is 0 Å². The fourth-order valence-corrected chi connectivity index (χ4v) is 2.81. The van der Waals surface area contributed by atoms with Crippen LogP contribution in [0.2, 0.25) is 0 Å². The molecule has 0 saturated heterocycles. The number of alkyl halides is 1. The summed E-state index contributed by atoms with van der Waals surface area (Å²) in [5.41, 5.74) is 4.42. The monoisotopic (exact) mass is 238 g/mol. The largest absolute Gasteiger partial charge is 0.126 e. The molecule has 0 fully saturated rings. The first kappa shape index (κ1) is 13.6. The molecule has 1 heteroatoms. The van der Waals surface area contributed by atoms with Crippen LogP contribution in [0.15, 0.2) is 18.2 Å². The van der Waals surface area contributed by atoms with Gasteiger partial charge < -0.3 is 0 Å². The van der Waals surface area contributed by atoms with Crippen molar-refractivity contribution in [1.82, 2.24) is 0 Å². The van der Waals surface area contributed by atoms with E-state index in [9.17, 15) is 0 Å². The molecule has 1 aromatic carbocycles. The molecular weight excluding hydrogens is 216 g/mol. The highest BCUT2D eigenvalue weighted by molar-refractivity contribution is 6.18. The van der Waals surface area contributed by atoms with Crippen LogP contribution in [0.1, 0.15) is 43.4 Å². The Morgan fingerprint density at radius 3 is 1.88 bits per heavy atom. The molecule has 0 aromatic heterocycles. The van der Waals surface area contributed by atoms with Gasteiger partial charge in [0, 0.05) is 5.88 Å². The van der Waals surface area contributed by atoms with Crippen molar-refractivity contribution in [2.45, 2.75) is 47.0 Å². The Labute approximate surface area is 105 Å². The van der Waals surface area contributed by atoms with Gasteiger partial charge in [0.2, 0.25) is 0 Å². The quantitative estimate of drug-likeness (QED) is 0.641. The smallest absolute Gasteiger partial charge is 0.0282 e. The standard InChI is InChI=1S/C15H23Cl/c1-5-15(6-2,11-16)10-14-8-12(3)7-13(4)9-14/h7-9H,5-6,10-11H2,1-4H3. The van der Waals surface area contributed by atoms with E-state index in [2.05, 4.69) is 45.9 Å². The lowest BCUT2D eigenvalue weighted by Crippen LogP contribution is -2.24. The molecule has 0 saturated carbocycles. The van der Waals surface area contributed by atoms with Gasteiger partial charge in [0.05, 0.1) is 0 Å². The van der Waals surface area contributed by atoms with Gasteiger partial charge in [0.15, 0.2) is 0 Å². The van der Waals surface area contributed by atoms with Crippen LogP contribution in [0.5, 0.6) is 0 Å². The third kappa shape index (κ3) is 3.25. The van der Waals surface area contributed by atoms with Gasteiger partial charge >= 0.3 is 0 Å². The zero-order valence-electron chi connectivity index (χ0n) is 10.9. The molecule has 0 radical (unpaired) electrons. The molecule has 0 heterocycles. The minimum absolute atomic E-state index is 0.280. The maximum atomic E-state index is 6.15. The second kappa shape index (κ2) is 5.72. The van der Waals surface area contributed by atoms with E-state index in [1.807, 2.05) is 0 Å². The third-order valence-corrected chi connectivity index (χ3v) is 4.21. The average molecular weight is 239 g/mol. The van der Waals surface area contributed by atoms with E-state index >= 15 is 0 Å². The van der Waals surface area contributed by atoms with Gasteiger partial charge in [-0.3, -0.25) is 0 Å². The lowest BCUT2D eigenvalue weighted by Gasteiger charge is -2.29. The lowest BCUT2D eigenvalue weighted by molar-refractivity contribution is 0.302. The van der Waals surface area contributed by atoms with Crippen LogP contribution in [-0.2, 0) is 6.42 Å². The summed E-state index contributed by atoms with van der Waals surface area (Å²) in [5, 5.41) is 0. The van der Waals surface area contributed by atoms with Gasteiger partial charge in [-0.15, -0.1) is 11.6 Å². The fraction of sp³-hybridized carbons (Fsp3) is 0.600. The third-order valence-electron chi connectivity index (χ3n) is 3.64. The minimum atomic E-state index is 0.280. The zero-order chi connectivity index (χ0) is 12.2. The first-order valence-corrected chi connectivity index (χ1v) is 6.72. The van der Waals surface area contributed by atoms with Gasteiger partial charge in [-0.2, -0.15) is 0 Å². The second-order valence-corrected chi connectivity index (χ2v) is 5.28. The molecule has 90 valence electrons. The summed E-state index contributed by atoms with van der Waals surface area (Å²) >= 11 is 6.15. The molecule has 0 spiro atoms. The highest BCUT2D eigenvalue weighted by atomic mass is 35.5. The van der Waals surface area contributed by atoms with Crippen molar-refractivity contribution < 1.29 is 0 Å². The molecule has 0 aliphatic rings. The number of halogens is 1. The van der Waals surface area contributed by atoms with E-state index < -0.39 is 0 Å². The maximum absolute atomic E-state index is 6.15. The molecule has 1 rings (SSSR count). The number of hydrogen-bond acceptors (Lipinski definition) is 0. The Hall–Kier alpha value is -0.490. The lowest BCUT2D eigenvalue weighted by atomic mass is 9.78. The molecule has 0 bridgehead atoms. The van der Waals surface area contributed by atoms with Crippen molar-refractivity contribution in [2.75, 3.05) is 5.88 Å². The first-order valence-electron chi connectivity index (χ1n) is 6.18. The summed E-state index contributed by atoms with van der Waals surface area (Å²) in [6, 6.07) is 6.81. The Morgan fingerprint density at radius 2 is 1.50 bits per heavy atom. The zero-order valence-corrected chi connectivity index (χ0v) is 11.7. The van der Waals surface area contributed by atoms with Crippen molar-refractivity contribution in [1.29, 1.82) is 0 Å². The molecule has 0 unspecified atom stereocenters. The fourth-order valence-electron chi connectivity index (χ4n) is 2.34. The number of rotatable bonds is 5. The molecule has 1 aromatic rings. The van der Waals surface area contributed by atoms with Crippen LogP contribution in [0.3, 0.4) is 0 Å². The molecule has 0 amide bonds. The van der Waals surface area contributed by atoms with Crippen LogP contribution < -0.4 is 0 Å². The summed E-state index contributed by atoms with van der Waals surface area (Å²) < 4.78 is 0. The van der Waals surface area contributed by atoms with E-state index in [0.29, 0.717) is 0 Å². The number of hydrogen-bond donors (Lipinski definition) is 0. The Balaban J connectivity index is 2.93. The van der Waals surface area contributed by atoms with E-state index in [1.54, 1.807) is 0 Å². The van der Waals surface area contributed by atoms with Gasteiger partial charge in [-0.25, -0.2) is 0 Å². The first-order chi connectivity index (χ1) is 7.55. The molecule has 16 heavy (non-hydrogen) atoms. The Kier molecular flexibility index (Phi) is 4.86. The molecular formula is C15H23Cl. The van der Waals surface area contributed by atoms with E-state index in [1.165, 1.54) is 16.7 Å². The molecule has 0 nitrogen and oxygen atoms in total. The highest BCUT2D eigenvalue weighted by Gasteiger charge is 2.25. The normalized spacial score (nSPS) is 11.8.